The number of hydrogen-bond acceptors (Lipinski definition) is 4. The lowest BCUT2D eigenvalue weighted by Crippen LogP contribution is -2.37. The minimum absolute atomic E-state index is 0.154. The molecule has 15 heavy (non-hydrogen) atoms. The topological polar surface area (TPSA) is 87.7 Å². The Morgan fingerprint density at radius 3 is 2.60 bits per heavy atom. The summed E-state index contributed by atoms with van der Waals surface area (Å²) in [6.07, 6.45) is 3.08. The van der Waals surface area contributed by atoms with E-state index in [0.29, 0.717) is 12.2 Å². The molecule has 0 aromatic heterocycles. The fourth-order valence-electron chi connectivity index (χ4n) is 1.33. The maximum Gasteiger partial charge on any atom is 0.140 e. The third-order valence-electron chi connectivity index (χ3n) is 2.05. The Balaban J connectivity index is 3.75. The van der Waals surface area contributed by atoms with Crippen LogP contribution in [0.15, 0.2) is 5.16 Å². The van der Waals surface area contributed by atoms with E-state index in [2.05, 4.69) is 10.5 Å². The van der Waals surface area contributed by atoms with Crippen LogP contribution in [0.1, 0.15) is 26.7 Å². The minimum Gasteiger partial charge on any atom is -0.409 e. The van der Waals surface area contributed by atoms with Gasteiger partial charge in [-0.1, -0.05) is 5.16 Å². The average molecular weight is 235 g/mol. The van der Waals surface area contributed by atoms with Crippen LogP contribution in [0.2, 0.25) is 0 Å². The smallest absolute Gasteiger partial charge is 0.140 e. The Morgan fingerprint density at radius 1 is 1.53 bits per heavy atom. The molecule has 0 bridgehead atoms. The summed E-state index contributed by atoms with van der Waals surface area (Å²) in [4.78, 5) is 0. The molecule has 3 unspecified atom stereocenters. The average Bonchev–Trinajstić information content (AvgIpc) is 2.14. The van der Waals surface area contributed by atoms with Crippen molar-refractivity contribution in [1.29, 1.82) is 0 Å². The van der Waals surface area contributed by atoms with E-state index >= 15 is 0 Å². The highest BCUT2D eigenvalue weighted by Gasteiger charge is 2.09. The van der Waals surface area contributed by atoms with Crippen LogP contribution in [0.4, 0.5) is 0 Å². The van der Waals surface area contributed by atoms with E-state index in [1.165, 1.54) is 0 Å². The molecular weight excluding hydrogens is 214 g/mol. The molecule has 0 saturated heterocycles. The van der Waals surface area contributed by atoms with Crippen LogP contribution in [-0.2, 0) is 10.8 Å². The zero-order chi connectivity index (χ0) is 11.8. The third kappa shape index (κ3) is 8.38. The SMILES string of the molecule is CC(CCS(C)=O)NC(C)CC(N)=NO. The van der Waals surface area contributed by atoms with E-state index < -0.39 is 10.8 Å². The van der Waals surface area contributed by atoms with Gasteiger partial charge < -0.3 is 16.3 Å². The summed E-state index contributed by atoms with van der Waals surface area (Å²) in [5, 5.41) is 14.6. The van der Waals surface area contributed by atoms with Crippen LogP contribution >= 0.6 is 0 Å². The van der Waals surface area contributed by atoms with Crippen molar-refractivity contribution in [3.8, 4) is 0 Å². The second-order valence-electron chi connectivity index (χ2n) is 3.83. The van der Waals surface area contributed by atoms with E-state index in [1.54, 1.807) is 6.26 Å². The standard InChI is InChI=1S/C9H21N3O2S/c1-7(4-5-15(3)14)11-8(2)6-9(10)12-13/h7-8,11,13H,4-6H2,1-3H3,(H2,10,12). The predicted octanol–water partition coefficient (Wildman–Crippen LogP) is 0.258. The van der Waals surface area contributed by atoms with E-state index in [4.69, 9.17) is 10.9 Å². The molecule has 0 aliphatic rings. The van der Waals surface area contributed by atoms with Gasteiger partial charge in [-0.15, -0.1) is 0 Å². The number of rotatable bonds is 7. The fourth-order valence-corrected chi connectivity index (χ4v) is 2.01. The predicted molar refractivity (Wildman–Crippen MR) is 63.6 cm³/mol. The minimum atomic E-state index is -0.742. The number of hydrogen-bond donors (Lipinski definition) is 3. The van der Waals surface area contributed by atoms with Gasteiger partial charge in [-0.05, 0) is 20.3 Å². The highest BCUT2D eigenvalue weighted by molar-refractivity contribution is 7.84. The lowest BCUT2D eigenvalue weighted by Gasteiger charge is -2.19. The monoisotopic (exact) mass is 235 g/mol. The second kappa shape index (κ2) is 7.64. The van der Waals surface area contributed by atoms with Crippen LogP contribution in [0.3, 0.4) is 0 Å². The molecule has 0 heterocycles. The van der Waals surface area contributed by atoms with Crippen molar-refractivity contribution >= 4 is 16.6 Å². The summed E-state index contributed by atoms with van der Waals surface area (Å²) in [7, 11) is -0.742. The first-order valence-corrected chi connectivity index (χ1v) is 6.71. The van der Waals surface area contributed by atoms with Crippen LogP contribution in [0.5, 0.6) is 0 Å². The van der Waals surface area contributed by atoms with Crippen molar-refractivity contribution in [2.24, 2.45) is 10.9 Å². The van der Waals surface area contributed by atoms with Gasteiger partial charge in [0, 0.05) is 41.3 Å². The molecule has 0 radical (unpaired) electrons. The zero-order valence-corrected chi connectivity index (χ0v) is 10.4. The highest BCUT2D eigenvalue weighted by Crippen LogP contribution is 1.98. The van der Waals surface area contributed by atoms with Gasteiger partial charge in [0.25, 0.3) is 0 Å². The quantitative estimate of drug-likeness (QED) is 0.256. The maximum atomic E-state index is 10.9. The van der Waals surface area contributed by atoms with Crippen molar-refractivity contribution in [2.75, 3.05) is 12.0 Å². The Kier molecular flexibility index (Phi) is 7.33. The molecule has 0 amide bonds. The largest absolute Gasteiger partial charge is 0.409 e. The van der Waals surface area contributed by atoms with E-state index in [0.717, 1.165) is 6.42 Å². The molecule has 0 spiro atoms. The molecule has 0 rings (SSSR count). The van der Waals surface area contributed by atoms with Gasteiger partial charge in [-0.25, -0.2) is 0 Å². The molecule has 4 N–H and O–H groups in total. The summed E-state index contributed by atoms with van der Waals surface area (Å²) in [5.74, 6) is 0.922. The summed E-state index contributed by atoms with van der Waals surface area (Å²) in [5.41, 5.74) is 5.38. The first-order chi connectivity index (χ1) is 6.95. The van der Waals surface area contributed by atoms with Crippen LogP contribution in [0, 0.1) is 0 Å². The first kappa shape index (κ1) is 14.4. The molecule has 0 fully saturated rings. The molecule has 0 aromatic carbocycles. The first-order valence-electron chi connectivity index (χ1n) is 4.98. The number of amidine groups is 1. The number of oxime groups is 1. The van der Waals surface area contributed by atoms with Gasteiger partial charge in [-0.2, -0.15) is 0 Å². The molecule has 90 valence electrons. The molecule has 5 nitrogen and oxygen atoms in total. The second-order valence-corrected chi connectivity index (χ2v) is 5.38. The molecule has 6 heteroatoms. The van der Waals surface area contributed by atoms with E-state index in [9.17, 15) is 4.21 Å². The third-order valence-corrected chi connectivity index (χ3v) is 2.86. The summed E-state index contributed by atoms with van der Waals surface area (Å²) in [6.45, 7) is 4.01. The number of nitrogens with two attached hydrogens (primary N) is 1. The van der Waals surface area contributed by atoms with Gasteiger partial charge in [0.15, 0.2) is 0 Å². The van der Waals surface area contributed by atoms with Crippen LogP contribution < -0.4 is 11.1 Å². The summed E-state index contributed by atoms with van der Waals surface area (Å²) in [6, 6.07) is 0.441. The zero-order valence-electron chi connectivity index (χ0n) is 9.56. The number of nitrogens with zero attached hydrogens (tertiary/aromatic N) is 1. The normalized spacial score (nSPS) is 18.5. The van der Waals surface area contributed by atoms with Gasteiger partial charge >= 0.3 is 0 Å². The summed E-state index contributed by atoms with van der Waals surface area (Å²) < 4.78 is 10.9. The molecule has 0 saturated carbocycles. The molecule has 0 aliphatic carbocycles. The van der Waals surface area contributed by atoms with Crippen molar-refractivity contribution in [1.82, 2.24) is 5.32 Å². The molecule has 0 aliphatic heterocycles. The highest BCUT2D eigenvalue weighted by atomic mass is 32.2. The van der Waals surface area contributed by atoms with Gasteiger partial charge in [0.05, 0.1) is 0 Å². The molecule has 0 aromatic rings. The number of nitrogens with one attached hydrogen (secondary N) is 1. The van der Waals surface area contributed by atoms with Crippen LogP contribution in [0.25, 0.3) is 0 Å². The Labute approximate surface area is 93.6 Å². The Morgan fingerprint density at radius 2 is 2.13 bits per heavy atom. The van der Waals surface area contributed by atoms with Crippen molar-refractivity contribution in [2.45, 2.75) is 38.8 Å². The van der Waals surface area contributed by atoms with E-state index in [-0.39, 0.29) is 17.9 Å². The van der Waals surface area contributed by atoms with Crippen molar-refractivity contribution in [3.05, 3.63) is 0 Å². The van der Waals surface area contributed by atoms with Crippen molar-refractivity contribution in [3.63, 3.8) is 0 Å². The molecule has 3 atom stereocenters. The Hall–Kier alpha value is -0.620. The fraction of sp³-hybridized carbons (Fsp3) is 0.889. The Bertz CT molecular complexity index is 233. The lowest BCUT2D eigenvalue weighted by molar-refractivity contribution is 0.315. The van der Waals surface area contributed by atoms with Gasteiger partial charge in [0.2, 0.25) is 0 Å². The molecular formula is C9H21N3O2S. The maximum absolute atomic E-state index is 10.9. The van der Waals surface area contributed by atoms with Crippen LogP contribution in [-0.4, -0.2) is 39.3 Å². The van der Waals surface area contributed by atoms with E-state index in [1.807, 2.05) is 13.8 Å². The summed E-state index contributed by atoms with van der Waals surface area (Å²) >= 11 is 0. The van der Waals surface area contributed by atoms with Gasteiger partial charge in [-0.3, -0.25) is 4.21 Å². The van der Waals surface area contributed by atoms with Gasteiger partial charge in [0.1, 0.15) is 5.84 Å². The lowest BCUT2D eigenvalue weighted by atomic mass is 10.1. The van der Waals surface area contributed by atoms with Crippen molar-refractivity contribution < 1.29 is 9.42 Å².